The number of rotatable bonds is 2. The van der Waals surface area contributed by atoms with E-state index in [-0.39, 0.29) is 6.04 Å². The van der Waals surface area contributed by atoms with Gasteiger partial charge in [-0.05, 0) is 29.8 Å². The minimum atomic E-state index is 0.0979. The molecule has 0 spiro atoms. The first-order chi connectivity index (χ1) is 10.8. The Morgan fingerprint density at radius 3 is 2.32 bits per heavy atom. The number of hydrogen-bond donors (Lipinski definition) is 0. The van der Waals surface area contributed by atoms with Crippen LogP contribution < -0.4 is 0 Å². The molecule has 3 rings (SSSR count). The molecule has 0 bridgehead atoms. The Morgan fingerprint density at radius 1 is 0.955 bits per heavy atom. The zero-order valence-electron chi connectivity index (χ0n) is 12.3. The van der Waals surface area contributed by atoms with Gasteiger partial charge < -0.3 is 4.74 Å². The summed E-state index contributed by atoms with van der Waals surface area (Å²) in [5, 5.41) is 0.735. The second-order valence-corrected chi connectivity index (χ2v) is 5.67. The standard InChI is InChI=1S/C19H18ClNO/c20-18-9-6-16(7-10-18)8-11-19(17-4-2-1-3-5-17)21-12-14-22-15-13-21/h1-7,9-10,19H,12-15H2. The Kier molecular flexibility index (Phi) is 5.13. The normalized spacial score (nSPS) is 16.6. The summed E-state index contributed by atoms with van der Waals surface area (Å²) < 4.78 is 5.46. The smallest absolute Gasteiger partial charge is 0.0976 e. The van der Waals surface area contributed by atoms with Crippen LogP contribution in [-0.2, 0) is 4.74 Å². The van der Waals surface area contributed by atoms with Gasteiger partial charge in [-0.3, -0.25) is 4.90 Å². The number of halogens is 1. The summed E-state index contributed by atoms with van der Waals surface area (Å²) in [6.07, 6.45) is 0. The van der Waals surface area contributed by atoms with Gasteiger partial charge in [-0.1, -0.05) is 53.8 Å². The second kappa shape index (κ2) is 7.47. The topological polar surface area (TPSA) is 12.5 Å². The molecule has 0 aliphatic carbocycles. The monoisotopic (exact) mass is 311 g/mol. The van der Waals surface area contributed by atoms with Gasteiger partial charge in [0, 0.05) is 23.7 Å². The molecule has 112 valence electrons. The van der Waals surface area contributed by atoms with Crippen LogP contribution in [0.5, 0.6) is 0 Å². The molecule has 1 aliphatic heterocycles. The largest absolute Gasteiger partial charge is 0.379 e. The summed E-state index contributed by atoms with van der Waals surface area (Å²) in [7, 11) is 0. The number of nitrogens with zero attached hydrogens (tertiary/aromatic N) is 1. The van der Waals surface area contributed by atoms with E-state index >= 15 is 0 Å². The van der Waals surface area contributed by atoms with Gasteiger partial charge in [0.25, 0.3) is 0 Å². The Labute approximate surface area is 136 Å². The minimum Gasteiger partial charge on any atom is -0.379 e. The molecule has 2 nitrogen and oxygen atoms in total. The maximum absolute atomic E-state index is 5.92. The van der Waals surface area contributed by atoms with Gasteiger partial charge in [0.15, 0.2) is 0 Å². The third-order valence-electron chi connectivity index (χ3n) is 3.72. The first-order valence-corrected chi connectivity index (χ1v) is 7.84. The number of benzene rings is 2. The molecule has 0 amide bonds. The lowest BCUT2D eigenvalue weighted by Crippen LogP contribution is -2.38. The highest BCUT2D eigenvalue weighted by Gasteiger charge is 2.20. The van der Waals surface area contributed by atoms with Crippen LogP contribution in [-0.4, -0.2) is 31.2 Å². The maximum Gasteiger partial charge on any atom is 0.0976 e. The van der Waals surface area contributed by atoms with Gasteiger partial charge in [0.05, 0.1) is 19.3 Å². The molecule has 1 aliphatic rings. The molecule has 1 fully saturated rings. The molecule has 1 saturated heterocycles. The lowest BCUT2D eigenvalue weighted by molar-refractivity contribution is 0.0270. The van der Waals surface area contributed by atoms with E-state index in [1.54, 1.807) is 0 Å². The highest BCUT2D eigenvalue weighted by molar-refractivity contribution is 6.30. The van der Waals surface area contributed by atoms with Crippen LogP contribution in [0.15, 0.2) is 54.6 Å². The van der Waals surface area contributed by atoms with Gasteiger partial charge in [0.1, 0.15) is 0 Å². The zero-order valence-corrected chi connectivity index (χ0v) is 13.1. The summed E-state index contributed by atoms with van der Waals surface area (Å²) in [6.45, 7) is 3.36. The lowest BCUT2D eigenvalue weighted by atomic mass is 10.0. The Morgan fingerprint density at radius 2 is 1.64 bits per heavy atom. The van der Waals surface area contributed by atoms with Crippen molar-refractivity contribution < 1.29 is 4.74 Å². The van der Waals surface area contributed by atoms with Gasteiger partial charge in [-0.15, -0.1) is 0 Å². The van der Waals surface area contributed by atoms with Crippen LogP contribution in [0.2, 0.25) is 5.02 Å². The predicted octanol–water partition coefficient (Wildman–Crippen LogP) is 3.77. The molecular formula is C19H18ClNO. The van der Waals surface area contributed by atoms with Crippen LogP contribution in [0.4, 0.5) is 0 Å². The van der Waals surface area contributed by atoms with E-state index in [1.807, 2.05) is 30.3 Å². The number of hydrogen-bond acceptors (Lipinski definition) is 2. The number of ether oxygens (including phenoxy) is 1. The van der Waals surface area contributed by atoms with E-state index in [0.29, 0.717) is 0 Å². The van der Waals surface area contributed by atoms with Crippen molar-refractivity contribution >= 4 is 11.6 Å². The Balaban J connectivity index is 1.87. The Hall–Kier alpha value is -1.79. The molecule has 0 saturated carbocycles. The predicted molar refractivity (Wildman–Crippen MR) is 89.9 cm³/mol. The zero-order chi connectivity index (χ0) is 15.2. The van der Waals surface area contributed by atoms with Gasteiger partial charge >= 0.3 is 0 Å². The molecule has 0 aromatic heterocycles. The van der Waals surface area contributed by atoms with Crippen LogP contribution in [0.3, 0.4) is 0 Å². The highest BCUT2D eigenvalue weighted by atomic mass is 35.5. The van der Waals surface area contributed by atoms with Gasteiger partial charge in [-0.25, -0.2) is 0 Å². The van der Waals surface area contributed by atoms with Crippen molar-refractivity contribution in [1.82, 2.24) is 4.90 Å². The molecule has 1 atom stereocenters. The summed E-state index contributed by atoms with van der Waals surface area (Å²) in [5.41, 5.74) is 2.21. The van der Waals surface area contributed by atoms with Crippen molar-refractivity contribution in [3.05, 3.63) is 70.7 Å². The minimum absolute atomic E-state index is 0.0979. The molecule has 1 unspecified atom stereocenters. The van der Waals surface area contributed by atoms with Crippen LogP contribution in [0.25, 0.3) is 0 Å². The molecule has 0 N–H and O–H groups in total. The van der Waals surface area contributed by atoms with Crippen LogP contribution >= 0.6 is 11.6 Å². The summed E-state index contributed by atoms with van der Waals surface area (Å²) >= 11 is 5.92. The van der Waals surface area contributed by atoms with E-state index in [0.717, 1.165) is 36.9 Å². The summed E-state index contributed by atoms with van der Waals surface area (Å²) in [6, 6.07) is 18.2. The van der Waals surface area contributed by atoms with Gasteiger partial charge in [0.2, 0.25) is 0 Å². The molecule has 22 heavy (non-hydrogen) atoms. The first-order valence-electron chi connectivity index (χ1n) is 7.47. The van der Waals surface area contributed by atoms with E-state index in [9.17, 15) is 0 Å². The van der Waals surface area contributed by atoms with E-state index in [4.69, 9.17) is 16.3 Å². The third-order valence-corrected chi connectivity index (χ3v) is 3.98. The summed E-state index contributed by atoms with van der Waals surface area (Å²) in [4.78, 5) is 2.38. The van der Waals surface area contributed by atoms with Crippen molar-refractivity contribution in [2.75, 3.05) is 26.3 Å². The average Bonchev–Trinajstić information content (AvgIpc) is 2.59. The quantitative estimate of drug-likeness (QED) is 0.783. The number of morpholine rings is 1. The molecule has 1 heterocycles. The first kappa shape index (κ1) is 15.1. The molecule has 2 aromatic rings. The average molecular weight is 312 g/mol. The van der Waals surface area contributed by atoms with Crippen molar-refractivity contribution in [2.24, 2.45) is 0 Å². The van der Waals surface area contributed by atoms with E-state index in [2.05, 4.69) is 41.0 Å². The summed E-state index contributed by atoms with van der Waals surface area (Å²) in [5.74, 6) is 6.70. The fraction of sp³-hybridized carbons (Fsp3) is 0.263. The maximum atomic E-state index is 5.92. The van der Waals surface area contributed by atoms with Crippen LogP contribution in [0.1, 0.15) is 17.2 Å². The van der Waals surface area contributed by atoms with Crippen molar-refractivity contribution in [1.29, 1.82) is 0 Å². The van der Waals surface area contributed by atoms with Crippen molar-refractivity contribution in [2.45, 2.75) is 6.04 Å². The van der Waals surface area contributed by atoms with Gasteiger partial charge in [-0.2, -0.15) is 0 Å². The van der Waals surface area contributed by atoms with Crippen molar-refractivity contribution in [3.8, 4) is 11.8 Å². The highest BCUT2D eigenvalue weighted by Crippen LogP contribution is 2.21. The molecule has 3 heteroatoms. The van der Waals surface area contributed by atoms with E-state index in [1.165, 1.54) is 5.56 Å². The molecule has 2 aromatic carbocycles. The van der Waals surface area contributed by atoms with Crippen LogP contribution in [0, 0.1) is 11.8 Å². The fourth-order valence-corrected chi connectivity index (χ4v) is 2.67. The Bertz CT molecular complexity index is 651. The van der Waals surface area contributed by atoms with E-state index < -0.39 is 0 Å². The lowest BCUT2D eigenvalue weighted by Gasteiger charge is -2.31. The third kappa shape index (κ3) is 3.90. The fourth-order valence-electron chi connectivity index (χ4n) is 2.54. The SMILES string of the molecule is Clc1ccc(C#CC(c2ccccc2)N2CCOCC2)cc1. The van der Waals surface area contributed by atoms with Crippen molar-refractivity contribution in [3.63, 3.8) is 0 Å². The molecular weight excluding hydrogens is 294 g/mol. The molecule has 0 radical (unpaired) electrons. The second-order valence-electron chi connectivity index (χ2n) is 5.24.